The van der Waals surface area contributed by atoms with Crippen molar-refractivity contribution in [2.45, 2.75) is 0 Å². The number of amides is 1. The lowest BCUT2D eigenvalue weighted by molar-refractivity contribution is -0.115. The molecule has 0 heterocycles. The van der Waals surface area contributed by atoms with E-state index in [4.69, 9.17) is 10.2 Å². The van der Waals surface area contributed by atoms with Crippen LogP contribution >= 0.6 is 0 Å². The number of phenolic OH excluding ortho intramolecular Hbond substituents is 1. The highest BCUT2D eigenvalue weighted by Gasteiger charge is 2.24. The van der Waals surface area contributed by atoms with Gasteiger partial charge in [0.25, 0.3) is 5.62 Å². The van der Waals surface area contributed by atoms with Crippen LogP contribution in [0.4, 0.5) is 5.69 Å². The van der Waals surface area contributed by atoms with Crippen LogP contribution in [-0.2, 0) is 23.5 Å². The molecule has 9 heteroatoms. The number of hydrogen-bond acceptors (Lipinski definition) is 5. The van der Waals surface area contributed by atoms with Gasteiger partial charge in [-0.25, -0.2) is 5.14 Å². The third kappa shape index (κ3) is 4.41. The van der Waals surface area contributed by atoms with E-state index in [1.165, 1.54) is 24.3 Å². The molecule has 106 valence electrons. The number of carbonyl (C=O) groups is 2. The molecule has 1 rings (SSSR count). The first kappa shape index (κ1) is 15.2. The van der Waals surface area contributed by atoms with Gasteiger partial charge in [-0.2, -0.15) is 8.93 Å². The molecule has 1 aromatic rings. The zero-order chi connectivity index (χ0) is 14.5. The number of nitrogens with two attached hydrogens (primary N) is 1. The normalized spacial score (nSPS) is 13.3. The van der Waals surface area contributed by atoms with Crippen molar-refractivity contribution >= 4 is 26.9 Å². The third-order valence-electron chi connectivity index (χ3n) is 2.19. The minimum atomic E-state index is -4.58. The summed E-state index contributed by atoms with van der Waals surface area (Å²) in [7, 11) is -3.59. The fourth-order valence-corrected chi connectivity index (χ4v) is 1.77. The number of carbonyl (C=O) groups excluding carboxylic acids is 2. The largest absolute Gasteiger partial charge is 0.508 e. The summed E-state index contributed by atoms with van der Waals surface area (Å²) >= 11 is 0. The lowest BCUT2D eigenvalue weighted by Gasteiger charge is -2.36. The van der Waals surface area contributed by atoms with Gasteiger partial charge in [0, 0.05) is 5.69 Å². The lowest BCUT2D eigenvalue weighted by Crippen LogP contribution is -2.58. The summed E-state index contributed by atoms with van der Waals surface area (Å²) in [6.07, 6.45) is 0. The molecule has 1 aromatic carbocycles. The molecule has 19 heavy (non-hydrogen) atoms. The summed E-state index contributed by atoms with van der Waals surface area (Å²) in [6.45, 7) is -0.477. The van der Waals surface area contributed by atoms with E-state index < -0.39 is 22.2 Å². The first-order valence-corrected chi connectivity index (χ1v) is 7.13. The molecule has 0 bridgehead atoms. The SMILES string of the molecule is COS(N)(=O)(C=O)NCC(=O)Nc1ccc(O)cc1. The zero-order valence-corrected chi connectivity index (χ0v) is 11.0. The number of rotatable bonds is 6. The molecule has 0 unspecified atom stereocenters. The summed E-state index contributed by atoms with van der Waals surface area (Å²) in [5, 5.41) is 16.8. The molecular weight excluding hydrogens is 274 g/mol. The van der Waals surface area contributed by atoms with Crippen molar-refractivity contribution in [3.8, 4) is 5.75 Å². The van der Waals surface area contributed by atoms with Gasteiger partial charge in [0.1, 0.15) is 5.75 Å². The molecule has 0 spiro atoms. The molecule has 5 N–H and O–H groups in total. The Hall–Kier alpha value is -1.81. The van der Waals surface area contributed by atoms with Gasteiger partial charge >= 0.3 is 0 Å². The number of anilines is 1. The van der Waals surface area contributed by atoms with Crippen molar-refractivity contribution in [2.75, 3.05) is 19.0 Å². The summed E-state index contributed by atoms with van der Waals surface area (Å²) in [5.74, 6) is -0.518. The van der Waals surface area contributed by atoms with Gasteiger partial charge in [0.15, 0.2) is 0 Å². The highest BCUT2D eigenvalue weighted by Crippen LogP contribution is 2.13. The van der Waals surface area contributed by atoms with Crippen molar-refractivity contribution in [1.29, 1.82) is 0 Å². The Kier molecular flexibility index (Phi) is 4.37. The van der Waals surface area contributed by atoms with Crippen molar-refractivity contribution in [3.63, 3.8) is 0 Å². The topological polar surface area (TPSA) is 131 Å². The van der Waals surface area contributed by atoms with Crippen LogP contribution in [0.5, 0.6) is 5.75 Å². The van der Waals surface area contributed by atoms with Crippen LogP contribution in [0.1, 0.15) is 0 Å². The van der Waals surface area contributed by atoms with Gasteiger partial charge in [-0.3, -0.25) is 13.8 Å². The summed E-state index contributed by atoms with van der Waals surface area (Å²) in [4.78, 5) is 22.2. The quantitative estimate of drug-likeness (QED) is 0.405. The smallest absolute Gasteiger partial charge is 0.251 e. The molecule has 0 saturated heterocycles. The summed E-state index contributed by atoms with van der Waals surface area (Å²) in [5.41, 5.74) is 0.360. The van der Waals surface area contributed by atoms with Crippen LogP contribution in [0.25, 0.3) is 0 Å². The first-order chi connectivity index (χ1) is 8.77. The van der Waals surface area contributed by atoms with E-state index in [-0.39, 0.29) is 11.4 Å². The predicted octanol–water partition coefficient (Wildman–Crippen LogP) is -0.719. The molecule has 0 aromatic heterocycles. The maximum Gasteiger partial charge on any atom is 0.251 e. The molecule has 0 fully saturated rings. The van der Waals surface area contributed by atoms with Crippen molar-refractivity contribution in [1.82, 2.24) is 4.72 Å². The Bertz CT molecular complexity index is 545. The van der Waals surface area contributed by atoms with Crippen LogP contribution in [-0.4, -0.2) is 34.5 Å². The zero-order valence-electron chi connectivity index (χ0n) is 10.2. The third-order valence-corrected chi connectivity index (χ3v) is 3.96. The second kappa shape index (κ2) is 5.45. The summed E-state index contributed by atoms with van der Waals surface area (Å²) < 4.78 is 18.3. The molecule has 0 aliphatic rings. The lowest BCUT2D eigenvalue weighted by atomic mass is 10.3. The maximum atomic E-state index is 11.8. The van der Waals surface area contributed by atoms with E-state index in [2.05, 4.69) is 14.2 Å². The van der Waals surface area contributed by atoms with Crippen LogP contribution in [0.3, 0.4) is 0 Å². The second-order valence-corrected chi connectivity index (χ2v) is 6.47. The van der Waals surface area contributed by atoms with E-state index in [1.54, 1.807) is 0 Å². The van der Waals surface area contributed by atoms with Gasteiger partial charge < -0.3 is 10.4 Å². The minimum absolute atomic E-state index is 0.0572. The molecule has 0 aliphatic carbocycles. The highest BCUT2D eigenvalue weighted by molar-refractivity contribution is 8.23. The Morgan fingerprint density at radius 1 is 1.47 bits per heavy atom. The minimum Gasteiger partial charge on any atom is -0.508 e. The van der Waals surface area contributed by atoms with E-state index in [1.807, 2.05) is 0 Å². The fourth-order valence-electron chi connectivity index (χ4n) is 1.09. The standard InChI is InChI=1S/C10H15N3O5S/c1-18-19(11,17,7-14)12-6-10(16)13-8-2-4-9(15)5-3-8/h2-5,7,15H,6H2,1H3,(H,13,16)(H3,11,12,17). The Balaban J connectivity index is 2.60. The Morgan fingerprint density at radius 3 is 2.53 bits per heavy atom. The fraction of sp³-hybridized carbons (Fsp3) is 0.200. The van der Waals surface area contributed by atoms with E-state index in [0.29, 0.717) is 5.69 Å². The van der Waals surface area contributed by atoms with Crippen molar-refractivity contribution in [3.05, 3.63) is 24.3 Å². The molecule has 0 atom stereocenters. The van der Waals surface area contributed by atoms with Crippen LogP contribution in [0.15, 0.2) is 24.3 Å². The predicted molar refractivity (Wildman–Crippen MR) is 70.8 cm³/mol. The average Bonchev–Trinajstić information content (AvgIpc) is 2.40. The van der Waals surface area contributed by atoms with Crippen LogP contribution in [0, 0.1) is 0 Å². The molecule has 0 aliphatic heterocycles. The van der Waals surface area contributed by atoms with E-state index >= 15 is 0 Å². The maximum absolute atomic E-state index is 11.8. The van der Waals surface area contributed by atoms with E-state index in [0.717, 1.165) is 7.11 Å². The highest BCUT2D eigenvalue weighted by atomic mass is 32.3. The summed E-state index contributed by atoms with van der Waals surface area (Å²) in [6, 6.07) is 5.72. The Morgan fingerprint density at radius 2 is 2.05 bits per heavy atom. The monoisotopic (exact) mass is 289 g/mol. The van der Waals surface area contributed by atoms with Crippen LogP contribution < -0.4 is 15.2 Å². The number of hydrogen-bond donors (Lipinski definition) is 4. The number of benzene rings is 1. The molecular formula is C10H15N3O5S. The van der Waals surface area contributed by atoms with Gasteiger partial charge in [-0.15, -0.1) is 0 Å². The van der Waals surface area contributed by atoms with Crippen LogP contribution in [0.2, 0.25) is 0 Å². The van der Waals surface area contributed by atoms with E-state index in [9.17, 15) is 13.8 Å². The number of nitrogens with one attached hydrogen (secondary N) is 2. The molecule has 1 amide bonds. The number of aromatic hydroxyl groups is 1. The van der Waals surface area contributed by atoms with Gasteiger partial charge in [-0.1, -0.05) is 0 Å². The molecule has 0 saturated carbocycles. The van der Waals surface area contributed by atoms with Crippen molar-refractivity contribution < 1.29 is 23.1 Å². The number of phenols is 1. The average molecular weight is 289 g/mol. The van der Waals surface area contributed by atoms with Crippen molar-refractivity contribution in [2.24, 2.45) is 5.14 Å². The first-order valence-electron chi connectivity index (χ1n) is 5.11. The second-order valence-electron chi connectivity index (χ2n) is 3.67. The Labute approximate surface area is 109 Å². The molecule has 0 radical (unpaired) electrons. The van der Waals surface area contributed by atoms with Gasteiger partial charge in [0.2, 0.25) is 5.91 Å². The van der Waals surface area contributed by atoms with Gasteiger partial charge in [-0.05, 0) is 34.0 Å². The molecule has 8 nitrogen and oxygen atoms in total. The van der Waals surface area contributed by atoms with Gasteiger partial charge in [0.05, 0.1) is 13.7 Å².